The van der Waals surface area contributed by atoms with E-state index in [1.807, 2.05) is 19.1 Å². The molecule has 3 aliphatic rings. The summed E-state index contributed by atoms with van der Waals surface area (Å²) in [5, 5.41) is 15.5. The molecule has 11 heteroatoms. The van der Waals surface area contributed by atoms with Crippen molar-refractivity contribution >= 4 is 23.7 Å². The number of benzene rings is 1. The summed E-state index contributed by atoms with van der Waals surface area (Å²) in [6, 6.07) is 10.7. The average molecular weight is 579 g/mol. The largest absolute Gasteiger partial charge is 0.482 e. The molecule has 1 saturated carbocycles. The monoisotopic (exact) mass is 578 g/mol. The maximum atomic E-state index is 13.0. The third-order valence-corrected chi connectivity index (χ3v) is 8.03. The molecule has 2 aromatic rings. The zero-order chi connectivity index (χ0) is 29.8. The van der Waals surface area contributed by atoms with Gasteiger partial charge >= 0.3 is 5.97 Å². The second kappa shape index (κ2) is 12.9. The van der Waals surface area contributed by atoms with Gasteiger partial charge in [-0.15, -0.1) is 0 Å². The van der Waals surface area contributed by atoms with Crippen LogP contribution in [0.5, 0.6) is 5.75 Å². The van der Waals surface area contributed by atoms with Gasteiger partial charge in [-0.05, 0) is 68.7 Å². The van der Waals surface area contributed by atoms with Crippen molar-refractivity contribution in [1.29, 1.82) is 0 Å². The minimum Gasteiger partial charge on any atom is -0.482 e. The van der Waals surface area contributed by atoms with Crippen LogP contribution in [0, 0.1) is 5.92 Å². The van der Waals surface area contributed by atoms with Gasteiger partial charge in [-0.1, -0.05) is 24.3 Å². The van der Waals surface area contributed by atoms with Crippen LogP contribution < -0.4 is 15.4 Å². The van der Waals surface area contributed by atoms with E-state index in [4.69, 9.17) is 9.47 Å². The van der Waals surface area contributed by atoms with E-state index in [0.717, 1.165) is 18.4 Å². The number of amides is 3. The fraction of sp³-hybridized carbons (Fsp3) is 0.516. The number of carbonyl (C=O) groups excluding carboxylic acids is 4. The van der Waals surface area contributed by atoms with E-state index in [9.17, 15) is 24.3 Å². The summed E-state index contributed by atoms with van der Waals surface area (Å²) in [6.45, 7) is 4.28. The van der Waals surface area contributed by atoms with Crippen molar-refractivity contribution in [3.05, 3.63) is 59.4 Å². The van der Waals surface area contributed by atoms with Crippen LogP contribution in [0.4, 0.5) is 0 Å². The van der Waals surface area contributed by atoms with Gasteiger partial charge in [-0.3, -0.25) is 19.2 Å². The number of esters is 1. The number of cyclic esters (lactones) is 1. The molecule has 3 heterocycles. The highest BCUT2D eigenvalue weighted by Gasteiger charge is 2.35. The van der Waals surface area contributed by atoms with Crippen molar-refractivity contribution in [2.24, 2.45) is 5.92 Å². The van der Waals surface area contributed by atoms with Gasteiger partial charge in [-0.2, -0.15) is 0 Å². The Balaban J connectivity index is 1.21. The van der Waals surface area contributed by atoms with Crippen LogP contribution >= 0.6 is 0 Å². The van der Waals surface area contributed by atoms with Crippen molar-refractivity contribution in [2.45, 2.75) is 76.2 Å². The first-order valence-electron chi connectivity index (χ1n) is 14.6. The molecule has 0 bridgehead atoms. The first-order chi connectivity index (χ1) is 20.2. The zero-order valence-corrected chi connectivity index (χ0v) is 24.0. The molecule has 0 spiro atoms. The zero-order valence-electron chi connectivity index (χ0n) is 24.0. The van der Waals surface area contributed by atoms with Crippen LogP contribution in [0.2, 0.25) is 0 Å². The van der Waals surface area contributed by atoms with Gasteiger partial charge < -0.3 is 30.1 Å². The minimum absolute atomic E-state index is 0.100. The highest BCUT2D eigenvalue weighted by atomic mass is 16.5. The molecule has 5 rings (SSSR count). The highest BCUT2D eigenvalue weighted by Crippen LogP contribution is 2.40. The van der Waals surface area contributed by atoms with Gasteiger partial charge in [0.15, 0.2) is 0 Å². The maximum Gasteiger partial charge on any atom is 0.306 e. The van der Waals surface area contributed by atoms with Crippen LogP contribution in [0.3, 0.4) is 0 Å². The first-order valence-corrected chi connectivity index (χ1v) is 14.6. The second-order valence-corrected chi connectivity index (χ2v) is 11.5. The summed E-state index contributed by atoms with van der Waals surface area (Å²) in [7, 11) is 0. The Morgan fingerprint density at radius 2 is 1.86 bits per heavy atom. The Labute approximate surface area is 245 Å². The first kappa shape index (κ1) is 29.5. The number of aromatic nitrogens is 1. The molecule has 3 fully saturated rings. The maximum absolute atomic E-state index is 13.0. The predicted octanol–water partition coefficient (Wildman–Crippen LogP) is 2.25. The normalized spacial score (nSPS) is 22.5. The van der Waals surface area contributed by atoms with Crippen molar-refractivity contribution in [3.8, 4) is 5.75 Å². The van der Waals surface area contributed by atoms with E-state index in [1.165, 1.54) is 31.5 Å². The number of likely N-dealkylation sites (tertiary alicyclic amines) is 1. The van der Waals surface area contributed by atoms with Crippen LogP contribution in [-0.4, -0.2) is 76.6 Å². The third kappa shape index (κ3) is 7.25. The van der Waals surface area contributed by atoms with Gasteiger partial charge in [0.2, 0.25) is 11.8 Å². The van der Waals surface area contributed by atoms with E-state index >= 15 is 0 Å². The summed E-state index contributed by atoms with van der Waals surface area (Å²) >= 11 is 0. The number of piperidine rings is 1. The lowest BCUT2D eigenvalue weighted by atomic mass is 10.00. The van der Waals surface area contributed by atoms with E-state index < -0.39 is 30.1 Å². The molecule has 0 radical (unpaired) electrons. The van der Waals surface area contributed by atoms with E-state index in [2.05, 4.69) is 27.8 Å². The van der Waals surface area contributed by atoms with E-state index in [0.29, 0.717) is 24.8 Å². The molecule has 224 valence electrons. The lowest BCUT2D eigenvalue weighted by molar-refractivity contribution is -0.138. The van der Waals surface area contributed by atoms with Gasteiger partial charge in [0, 0.05) is 19.1 Å². The van der Waals surface area contributed by atoms with Crippen molar-refractivity contribution in [3.63, 3.8) is 0 Å². The van der Waals surface area contributed by atoms with Crippen LogP contribution in [0.1, 0.15) is 79.6 Å². The standard InChI is InChI=1S/C31H38N4O7/c1-18(33-29(38)19(2)36)28(22-9-7-21(8-10-22)20-5-6-20)42-25-11-12-26(32-15-25)30(39)34-24-4-3-13-35(16-24)31(40)23-14-27(37)41-17-23/h7-12,15,18-20,23-24,28,36H,3-6,13-14,16-17H2,1-2H3,(H,33,38)(H,34,39)/t18?,19?,23-,24+,28?/m1/s1. The van der Waals surface area contributed by atoms with Gasteiger partial charge in [-0.25, -0.2) is 4.98 Å². The number of rotatable bonds is 10. The molecule has 2 aliphatic heterocycles. The van der Waals surface area contributed by atoms with Crippen LogP contribution in [0.15, 0.2) is 42.6 Å². The third-order valence-electron chi connectivity index (χ3n) is 8.03. The summed E-state index contributed by atoms with van der Waals surface area (Å²) < 4.78 is 11.2. The number of carbonyl (C=O) groups is 4. The second-order valence-electron chi connectivity index (χ2n) is 11.5. The summed E-state index contributed by atoms with van der Waals surface area (Å²) in [6.07, 6.45) is 3.72. The minimum atomic E-state index is -1.15. The number of aliphatic hydroxyl groups excluding tert-OH is 1. The fourth-order valence-electron chi connectivity index (χ4n) is 5.47. The topological polar surface area (TPSA) is 147 Å². The van der Waals surface area contributed by atoms with Gasteiger partial charge in [0.25, 0.3) is 5.91 Å². The highest BCUT2D eigenvalue weighted by molar-refractivity contribution is 5.92. The van der Waals surface area contributed by atoms with Crippen LogP contribution in [0.25, 0.3) is 0 Å². The number of nitrogens with zero attached hydrogens (tertiary/aromatic N) is 2. The Morgan fingerprint density at radius 3 is 2.48 bits per heavy atom. The van der Waals surface area contributed by atoms with Gasteiger partial charge in [0.1, 0.15) is 30.3 Å². The molecule has 3 unspecified atom stereocenters. The molecule has 42 heavy (non-hydrogen) atoms. The summed E-state index contributed by atoms with van der Waals surface area (Å²) in [5.41, 5.74) is 2.36. The van der Waals surface area contributed by atoms with Crippen molar-refractivity contribution < 1.29 is 33.8 Å². The number of hydrogen-bond donors (Lipinski definition) is 3. The van der Waals surface area contributed by atoms with E-state index in [-0.39, 0.29) is 42.5 Å². The number of hydrogen-bond acceptors (Lipinski definition) is 8. The molecule has 1 aromatic heterocycles. The van der Waals surface area contributed by atoms with E-state index in [1.54, 1.807) is 17.0 Å². The molecular formula is C31H38N4O7. The Hall–Kier alpha value is -3.99. The predicted molar refractivity (Wildman–Crippen MR) is 151 cm³/mol. The average Bonchev–Trinajstić information content (AvgIpc) is 3.75. The smallest absolute Gasteiger partial charge is 0.306 e. The molecule has 1 aromatic carbocycles. The van der Waals surface area contributed by atoms with Crippen molar-refractivity contribution in [1.82, 2.24) is 20.5 Å². The number of pyridine rings is 1. The van der Waals surface area contributed by atoms with Crippen LogP contribution in [-0.2, 0) is 19.1 Å². The lowest BCUT2D eigenvalue weighted by Gasteiger charge is -2.34. The molecule has 5 atom stereocenters. The molecule has 1 aliphatic carbocycles. The quantitative estimate of drug-likeness (QED) is 0.364. The number of aliphatic hydroxyl groups is 1. The SMILES string of the molecule is CC(O)C(=O)NC(C)C(Oc1ccc(C(=O)N[C@H]2CCCN(C(=O)[C@H]3COC(=O)C3)C2)nc1)c1ccc(C2CC2)cc1. The van der Waals surface area contributed by atoms with Crippen molar-refractivity contribution in [2.75, 3.05) is 19.7 Å². The Kier molecular flexibility index (Phi) is 9.06. The molecule has 3 amide bonds. The molecule has 11 nitrogen and oxygen atoms in total. The molecular weight excluding hydrogens is 540 g/mol. The Bertz CT molecular complexity index is 1290. The summed E-state index contributed by atoms with van der Waals surface area (Å²) in [5.74, 6) is -0.749. The molecule has 3 N–H and O–H groups in total. The lowest BCUT2D eigenvalue weighted by Crippen LogP contribution is -2.51. The summed E-state index contributed by atoms with van der Waals surface area (Å²) in [4.78, 5) is 55.4. The van der Waals surface area contributed by atoms with Gasteiger partial charge in [0.05, 0.1) is 24.6 Å². The Morgan fingerprint density at radius 1 is 1.10 bits per heavy atom. The molecule has 2 saturated heterocycles. The number of nitrogens with one attached hydrogen (secondary N) is 2. The number of ether oxygens (including phenoxy) is 2. The fourth-order valence-corrected chi connectivity index (χ4v) is 5.47.